The maximum atomic E-state index is 13.4. The predicted molar refractivity (Wildman–Crippen MR) is 133 cm³/mol. The lowest BCUT2D eigenvalue weighted by Crippen LogP contribution is -2.41. The smallest absolute Gasteiger partial charge is 0.274 e. The van der Waals surface area contributed by atoms with E-state index in [0.717, 1.165) is 5.56 Å². The second-order valence-electron chi connectivity index (χ2n) is 8.33. The molecule has 1 fully saturated rings. The molecule has 11 heteroatoms. The van der Waals surface area contributed by atoms with Gasteiger partial charge in [-0.3, -0.25) is 19.1 Å². The normalized spacial score (nSPS) is 13.6. The van der Waals surface area contributed by atoms with E-state index in [-0.39, 0.29) is 34.3 Å². The number of aryl methyl sites for hydroxylation is 1. The molecule has 4 aromatic rings. The van der Waals surface area contributed by atoms with Gasteiger partial charge in [-0.1, -0.05) is 30.3 Å². The first-order chi connectivity index (χ1) is 17.5. The summed E-state index contributed by atoms with van der Waals surface area (Å²) in [6.45, 7) is 1.76. The van der Waals surface area contributed by atoms with E-state index in [2.05, 4.69) is 25.7 Å². The highest BCUT2D eigenvalue weighted by molar-refractivity contribution is 6.14. The van der Waals surface area contributed by atoms with Crippen LogP contribution >= 0.6 is 0 Å². The van der Waals surface area contributed by atoms with E-state index in [1.165, 1.54) is 17.9 Å². The average Bonchev–Trinajstić information content (AvgIpc) is 3.51. The van der Waals surface area contributed by atoms with Crippen molar-refractivity contribution < 1.29 is 19.1 Å². The van der Waals surface area contributed by atoms with Crippen molar-refractivity contribution >= 4 is 34.4 Å². The van der Waals surface area contributed by atoms with Crippen LogP contribution in [-0.2, 0) is 11.8 Å². The molecular formula is C25H25N7O4. The standard InChI is InChI=1S/C25H25N7O4/c1-26-23(33)16-12-19-20(29-22(28-19)15-6-4-3-5-7-15)13-18(16)30-24(34)21-17(14-27-31(21)2)25(35)32-8-10-36-11-9-32/h3-7,12-14H,8-11H2,1-2H3,(H,26,33)(H,28,29)(H,30,34). The second-order valence-corrected chi connectivity index (χ2v) is 8.33. The molecule has 0 bridgehead atoms. The second kappa shape index (κ2) is 9.62. The quantitative estimate of drug-likeness (QED) is 0.394. The summed E-state index contributed by atoms with van der Waals surface area (Å²) in [7, 11) is 3.11. The monoisotopic (exact) mass is 487 g/mol. The Hall–Kier alpha value is -4.51. The highest BCUT2D eigenvalue weighted by Gasteiger charge is 2.28. The van der Waals surface area contributed by atoms with E-state index in [0.29, 0.717) is 43.2 Å². The molecule has 1 aliphatic heterocycles. The van der Waals surface area contributed by atoms with Crippen LogP contribution in [0.25, 0.3) is 22.4 Å². The molecule has 0 saturated carbocycles. The van der Waals surface area contributed by atoms with Gasteiger partial charge in [0.2, 0.25) is 0 Å². The van der Waals surface area contributed by atoms with Crippen LogP contribution in [0.3, 0.4) is 0 Å². The van der Waals surface area contributed by atoms with Crippen molar-refractivity contribution in [1.82, 2.24) is 30.0 Å². The third-order valence-electron chi connectivity index (χ3n) is 6.07. The summed E-state index contributed by atoms with van der Waals surface area (Å²) in [4.78, 5) is 48.7. The molecule has 11 nitrogen and oxygen atoms in total. The molecule has 36 heavy (non-hydrogen) atoms. The molecule has 3 amide bonds. The SMILES string of the molecule is CNC(=O)c1cc2[nH]c(-c3ccccc3)nc2cc1NC(=O)c1c(C(=O)N2CCOCC2)cnn1C. The van der Waals surface area contributed by atoms with Crippen molar-refractivity contribution in [3.8, 4) is 11.4 Å². The number of amides is 3. The molecule has 184 valence electrons. The fraction of sp³-hybridized carbons (Fsp3) is 0.240. The van der Waals surface area contributed by atoms with Gasteiger partial charge in [-0.2, -0.15) is 5.10 Å². The summed E-state index contributed by atoms with van der Waals surface area (Å²) in [5.74, 6) is -0.590. The number of fused-ring (bicyclic) bond motifs is 1. The van der Waals surface area contributed by atoms with E-state index in [1.54, 1.807) is 24.1 Å². The third-order valence-corrected chi connectivity index (χ3v) is 6.07. The fourth-order valence-corrected chi connectivity index (χ4v) is 4.20. The lowest BCUT2D eigenvalue weighted by atomic mass is 10.1. The molecule has 0 atom stereocenters. The van der Waals surface area contributed by atoms with Gasteiger partial charge in [-0.25, -0.2) is 4.98 Å². The number of anilines is 1. The molecule has 5 rings (SSSR count). The maximum absolute atomic E-state index is 13.4. The van der Waals surface area contributed by atoms with Crippen LogP contribution in [-0.4, -0.2) is 75.7 Å². The number of carbonyl (C=O) groups is 3. The van der Waals surface area contributed by atoms with Crippen molar-refractivity contribution in [3.05, 3.63) is 65.5 Å². The van der Waals surface area contributed by atoms with Gasteiger partial charge in [0.05, 0.1) is 47.3 Å². The van der Waals surface area contributed by atoms with E-state index in [4.69, 9.17) is 4.74 Å². The lowest BCUT2D eigenvalue weighted by Gasteiger charge is -2.26. The largest absolute Gasteiger partial charge is 0.378 e. The lowest BCUT2D eigenvalue weighted by molar-refractivity contribution is 0.0302. The number of hydrogen-bond acceptors (Lipinski definition) is 6. The summed E-state index contributed by atoms with van der Waals surface area (Å²) in [6, 6.07) is 12.9. The predicted octanol–water partition coefficient (Wildman–Crippen LogP) is 2.05. The van der Waals surface area contributed by atoms with Crippen LogP contribution in [0.5, 0.6) is 0 Å². The number of aromatic amines is 1. The number of morpholine rings is 1. The maximum Gasteiger partial charge on any atom is 0.274 e. The number of nitrogens with zero attached hydrogens (tertiary/aromatic N) is 4. The van der Waals surface area contributed by atoms with Crippen molar-refractivity contribution in [2.75, 3.05) is 38.7 Å². The van der Waals surface area contributed by atoms with Crippen LogP contribution in [0.2, 0.25) is 0 Å². The fourth-order valence-electron chi connectivity index (χ4n) is 4.20. The number of imidazole rings is 1. The first-order valence-electron chi connectivity index (χ1n) is 11.5. The molecule has 3 heterocycles. The molecular weight excluding hydrogens is 462 g/mol. The molecule has 2 aromatic carbocycles. The zero-order valence-electron chi connectivity index (χ0n) is 19.9. The van der Waals surface area contributed by atoms with Gasteiger partial charge in [-0.05, 0) is 12.1 Å². The Labute approximate surface area is 206 Å². The minimum Gasteiger partial charge on any atom is -0.378 e. The number of nitrogens with one attached hydrogen (secondary N) is 3. The Bertz CT molecular complexity index is 1450. The van der Waals surface area contributed by atoms with Gasteiger partial charge in [-0.15, -0.1) is 0 Å². The van der Waals surface area contributed by atoms with Gasteiger partial charge in [0.15, 0.2) is 0 Å². The topological polar surface area (TPSA) is 134 Å². The van der Waals surface area contributed by atoms with Crippen LogP contribution in [0, 0.1) is 0 Å². The average molecular weight is 488 g/mol. The minimum absolute atomic E-state index is 0.0986. The van der Waals surface area contributed by atoms with Gasteiger partial charge in [0, 0.05) is 32.7 Å². The number of hydrogen-bond donors (Lipinski definition) is 3. The number of carbonyl (C=O) groups excluding carboxylic acids is 3. The van der Waals surface area contributed by atoms with Crippen LogP contribution < -0.4 is 10.6 Å². The number of ether oxygens (including phenoxy) is 1. The number of aromatic nitrogens is 4. The van der Waals surface area contributed by atoms with E-state index >= 15 is 0 Å². The van der Waals surface area contributed by atoms with Gasteiger partial charge in [0.1, 0.15) is 11.5 Å². The first kappa shape index (κ1) is 23.2. The molecule has 0 unspecified atom stereocenters. The minimum atomic E-state index is -0.560. The summed E-state index contributed by atoms with van der Waals surface area (Å²) < 4.78 is 6.67. The zero-order chi connectivity index (χ0) is 25.2. The van der Waals surface area contributed by atoms with Crippen LogP contribution in [0.15, 0.2) is 48.7 Å². The highest BCUT2D eigenvalue weighted by Crippen LogP contribution is 2.27. The summed E-state index contributed by atoms with van der Waals surface area (Å²) >= 11 is 0. The molecule has 1 aliphatic rings. The van der Waals surface area contributed by atoms with E-state index < -0.39 is 5.91 Å². The molecule has 0 aliphatic carbocycles. The van der Waals surface area contributed by atoms with Gasteiger partial charge in [0.25, 0.3) is 17.7 Å². The van der Waals surface area contributed by atoms with Gasteiger partial charge < -0.3 is 25.3 Å². The molecule has 2 aromatic heterocycles. The Kier molecular flexibility index (Phi) is 6.21. The molecule has 1 saturated heterocycles. The zero-order valence-corrected chi connectivity index (χ0v) is 19.9. The molecule has 0 spiro atoms. The number of benzene rings is 2. The van der Waals surface area contributed by atoms with Crippen molar-refractivity contribution in [1.29, 1.82) is 0 Å². The molecule has 3 N–H and O–H groups in total. The molecule has 0 radical (unpaired) electrons. The first-order valence-corrected chi connectivity index (χ1v) is 11.5. The summed E-state index contributed by atoms with van der Waals surface area (Å²) in [6.07, 6.45) is 1.38. The highest BCUT2D eigenvalue weighted by atomic mass is 16.5. The van der Waals surface area contributed by atoms with Crippen molar-refractivity contribution in [3.63, 3.8) is 0 Å². The summed E-state index contributed by atoms with van der Waals surface area (Å²) in [5, 5.41) is 9.54. The Morgan fingerprint density at radius 3 is 2.50 bits per heavy atom. The van der Waals surface area contributed by atoms with E-state index in [9.17, 15) is 14.4 Å². The number of rotatable bonds is 5. The van der Waals surface area contributed by atoms with E-state index in [1.807, 2.05) is 30.3 Å². The summed E-state index contributed by atoms with van der Waals surface area (Å²) in [5.41, 5.74) is 2.92. The van der Waals surface area contributed by atoms with Gasteiger partial charge >= 0.3 is 0 Å². The Morgan fingerprint density at radius 2 is 1.78 bits per heavy atom. The number of H-pyrrole nitrogens is 1. The Morgan fingerprint density at radius 1 is 1.03 bits per heavy atom. The van der Waals surface area contributed by atoms with Crippen molar-refractivity contribution in [2.45, 2.75) is 0 Å². The van der Waals surface area contributed by atoms with Crippen LogP contribution in [0.4, 0.5) is 5.69 Å². The van der Waals surface area contributed by atoms with Crippen molar-refractivity contribution in [2.24, 2.45) is 7.05 Å². The van der Waals surface area contributed by atoms with Crippen LogP contribution in [0.1, 0.15) is 31.2 Å². The Balaban J connectivity index is 1.50. The third kappa shape index (κ3) is 4.31.